The minimum atomic E-state index is -0.603. The number of carbonyl (C=O) groups is 1. The highest BCUT2D eigenvalue weighted by atomic mass is 16.4. The van der Waals surface area contributed by atoms with Crippen LogP contribution in [0.3, 0.4) is 0 Å². The van der Waals surface area contributed by atoms with Crippen molar-refractivity contribution in [2.45, 2.75) is 64.8 Å². The fourth-order valence-corrected chi connectivity index (χ4v) is 3.73. The summed E-state index contributed by atoms with van der Waals surface area (Å²) in [6.07, 6.45) is 5.08. The molecule has 0 spiro atoms. The zero-order valence-corrected chi connectivity index (χ0v) is 14.6. The predicted molar refractivity (Wildman–Crippen MR) is 89.2 cm³/mol. The number of carboxylic acids is 1. The quantitative estimate of drug-likeness (QED) is 0.874. The van der Waals surface area contributed by atoms with Gasteiger partial charge in [0.2, 0.25) is 0 Å². The highest BCUT2D eigenvalue weighted by Crippen LogP contribution is 2.45. The van der Waals surface area contributed by atoms with Crippen molar-refractivity contribution in [1.82, 2.24) is 15.1 Å². The molecule has 0 radical (unpaired) electrons. The molecule has 1 aliphatic carbocycles. The van der Waals surface area contributed by atoms with E-state index in [2.05, 4.69) is 41.9 Å². The normalized spacial score (nSPS) is 26.4. The van der Waals surface area contributed by atoms with Gasteiger partial charge in [-0.25, -0.2) is 0 Å². The van der Waals surface area contributed by atoms with E-state index in [1.165, 1.54) is 12.8 Å². The van der Waals surface area contributed by atoms with E-state index in [9.17, 15) is 9.90 Å². The molecular weight excluding hydrogens is 290 g/mol. The Morgan fingerprint density at radius 2 is 2.22 bits per heavy atom. The fraction of sp³-hybridized carbons (Fsp3) is 0.778. The molecule has 0 amide bonds. The van der Waals surface area contributed by atoms with Crippen LogP contribution in [0.2, 0.25) is 0 Å². The smallest absolute Gasteiger partial charge is 0.310 e. The second-order valence-electron chi connectivity index (χ2n) is 8.58. The van der Waals surface area contributed by atoms with Gasteiger partial charge in [-0.05, 0) is 37.8 Å². The van der Waals surface area contributed by atoms with Gasteiger partial charge < -0.3 is 5.11 Å². The molecule has 23 heavy (non-hydrogen) atoms. The second kappa shape index (κ2) is 5.93. The maximum atomic E-state index is 11.9. The van der Waals surface area contributed by atoms with E-state index in [0.717, 1.165) is 43.7 Å². The van der Waals surface area contributed by atoms with Crippen LogP contribution >= 0.6 is 0 Å². The van der Waals surface area contributed by atoms with Gasteiger partial charge in [-0.15, -0.1) is 0 Å². The Morgan fingerprint density at radius 1 is 1.48 bits per heavy atom. The Hall–Kier alpha value is -1.36. The Labute approximate surface area is 138 Å². The van der Waals surface area contributed by atoms with Crippen molar-refractivity contribution in [2.75, 3.05) is 13.1 Å². The Bertz CT molecular complexity index is 571. The molecule has 5 nitrogen and oxygen atoms in total. The maximum Gasteiger partial charge on any atom is 0.310 e. The number of piperidine rings is 1. The molecule has 2 N–H and O–H groups in total. The summed E-state index contributed by atoms with van der Waals surface area (Å²) >= 11 is 0. The number of aromatic amines is 1. The predicted octanol–water partition coefficient (Wildman–Crippen LogP) is 3.17. The standard InChI is InChI=1S/C18H29N3O2/c1-17(2,3)15-9-14(19-20-15)11-21-8-4-7-18(12-21,16(22)23)10-13-5-6-13/h9,13H,4-8,10-12H2,1-3H3,(H,19,20)(H,22,23). The third-order valence-corrected chi connectivity index (χ3v) is 5.28. The summed E-state index contributed by atoms with van der Waals surface area (Å²) in [5.41, 5.74) is 1.65. The molecule has 0 aromatic carbocycles. The highest BCUT2D eigenvalue weighted by molar-refractivity contribution is 5.75. The molecular formula is C18H29N3O2. The first-order valence-corrected chi connectivity index (χ1v) is 8.79. The summed E-state index contributed by atoms with van der Waals surface area (Å²) in [6, 6.07) is 2.12. The van der Waals surface area contributed by atoms with E-state index in [0.29, 0.717) is 12.5 Å². The first-order valence-electron chi connectivity index (χ1n) is 8.79. The van der Waals surface area contributed by atoms with Crippen LogP contribution in [0.5, 0.6) is 0 Å². The minimum absolute atomic E-state index is 0.0352. The number of hydrogen-bond acceptors (Lipinski definition) is 3. The molecule has 2 aliphatic rings. The van der Waals surface area contributed by atoms with Crippen LogP contribution in [0.15, 0.2) is 6.07 Å². The number of H-pyrrole nitrogens is 1. The second-order valence-corrected chi connectivity index (χ2v) is 8.58. The van der Waals surface area contributed by atoms with Gasteiger partial charge >= 0.3 is 5.97 Å². The van der Waals surface area contributed by atoms with E-state index in [1.807, 2.05) is 0 Å². The van der Waals surface area contributed by atoms with Crippen molar-refractivity contribution in [3.8, 4) is 0 Å². The first-order chi connectivity index (χ1) is 10.8. The van der Waals surface area contributed by atoms with Gasteiger partial charge in [-0.1, -0.05) is 33.6 Å². The Balaban J connectivity index is 1.68. The zero-order valence-electron chi connectivity index (χ0n) is 14.6. The molecule has 1 atom stereocenters. The molecule has 2 fully saturated rings. The number of aliphatic carboxylic acids is 1. The number of aromatic nitrogens is 2. The summed E-state index contributed by atoms with van der Waals surface area (Å²) < 4.78 is 0. The molecule has 1 unspecified atom stereocenters. The van der Waals surface area contributed by atoms with Gasteiger partial charge in [-0.2, -0.15) is 5.10 Å². The molecule has 128 valence electrons. The zero-order chi connectivity index (χ0) is 16.7. The molecule has 1 aliphatic heterocycles. The average Bonchev–Trinajstić information content (AvgIpc) is 3.12. The van der Waals surface area contributed by atoms with Crippen molar-refractivity contribution in [2.24, 2.45) is 11.3 Å². The molecule has 1 saturated carbocycles. The average molecular weight is 319 g/mol. The summed E-state index contributed by atoms with van der Waals surface area (Å²) in [4.78, 5) is 14.2. The number of hydrogen-bond donors (Lipinski definition) is 2. The van der Waals surface area contributed by atoms with Gasteiger partial charge in [0, 0.05) is 24.2 Å². The van der Waals surface area contributed by atoms with Crippen LogP contribution in [0.4, 0.5) is 0 Å². The van der Waals surface area contributed by atoms with Crippen LogP contribution in [0.1, 0.15) is 64.3 Å². The van der Waals surface area contributed by atoms with Crippen molar-refractivity contribution < 1.29 is 9.90 Å². The number of likely N-dealkylation sites (tertiary alicyclic amines) is 1. The monoisotopic (exact) mass is 319 g/mol. The summed E-state index contributed by atoms with van der Waals surface area (Å²) in [5, 5.41) is 17.4. The number of rotatable bonds is 5. The topological polar surface area (TPSA) is 69.2 Å². The fourth-order valence-electron chi connectivity index (χ4n) is 3.73. The highest BCUT2D eigenvalue weighted by Gasteiger charge is 2.45. The van der Waals surface area contributed by atoms with Crippen LogP contribution in [0, 0.1) is 11.3 Å². The van der Waals surface area contributed by atoms with Gasteiger partial charge in [0.05, 0.1) is 11.1 Å². The molecule has 2 heterocycles. The van der Waals surface area contributed by atoms with Crippen LogP contribution in [0.25, 0.3) is 0 Å². The summed E-state index contributed by atoms with van der Waals surface area (Å²) in [5.74, 6) is 0.0415. The lowest BCUT2D eigenvalue weighted by Crippen LogP contribution is -2.47. The molecule has 1 saturated heterocycles. The molecule has 1 aromatic heterocycles. The van der Waals surface area contributed by atoms with E-state index >= 15 is 0 Å². The van der Waals surface area contributed by atoms with Gasteiger partial charge in [0.25, 0.3) is 0 Å². The van der Waals surface area contributed by atoms with Gasteiger partial charge in [-0.3, -0.25) is 14.8 Å². The number of nitrogens with one attached hydrogen (secondary N) is 1. The lowest BCUT2D eigenvalue weighted by atomic mass is 9.75. The largest absolute Gasteiger partial charge is 0.481 e. The van der Waals surface area contributed by atoms with E-state index < -0.39 is 11.4 Å². The molecule has 1 aromatic rings. The van der Waals surface area contributed by atoms with E-state index in [-0.39, 0.29) is 5.41 Å². The maximum absolute atomic E-state index is 11.9. The van der Waals surface area contributed by atoms with Crippen LogP contribution < -0.4 is 0 Å². The third-order valence-electron chi connectivity index (χ3n) is 5.28. The van der Waals surface area contributed by atoms with Gasteiger partial charge in [0.15, 0.2) is 0 Å². The van der Waals surface area contributed by atoms with Crippen molar-refractivity contribution in [1.29, 1.82) is 0 Å². The van der Waals surface area contributed by atoms with Crippen molar-refractivity contribution in [3.05, 3.63) is 17.5 Å². The van der Waals surface area contributed by atoms with Gasteiger partial charge in [0.1, 0.15) is 0 Å². The molecule has 3 rings (SSSR count). The lowest BCUT2D eigenvalue weighted by molar-refractivity contribution is -0.153. The van der Waals surface area contributed by atoms with E-state index in [4.69, 9.17) is 0 Å². The summed E-state index contributed by atoms with van der Waals surface area (Å²) in [6.45, 7) is 8.87. The van der Waals surface area contributed by atoms with E-state index in [1.54, 1.807) is 0 Å². The number of carboxylic acid groups (broad SMARTS) is 1. The van der Waals surface area contributed by atoms with Crippen LogP contribution in [-0.4, -0.2) is 39.3 Å². The third kappa shape index (κ3) is 3.77. The Kier molecular flexibility index (Phi) is 4.25. The van der Waals surface area contributed by atoms with Crippen molar-refractivity contribution in [3.63, 3.8) is 0 Å². The molecule has 0 bridgehead atoms. The SMILES string of the molecule is CC(C)(C)c1cc(CN2CCCC(CC3CC3)(C(=O)O)C2)[nH]n1. The summed E-state index contributed by atoms with van der Waals surface area (Å²) in [7, 11) is 0. The lowest BCUT2D eigenvalue weighted by Gasteiger charge is -2.40. The Morgan fingerprint density at radius 3 is 2.78 bits per heavy atom. The molecule has 5 heteroatoms. The first kappa shape index (κ1) is 16.5. The van der Waals surface area contributed by atoms with Crippen molar-refractivity contribution >= 4 is 5.97 Å². The minimum Gasteiger partial charge on any atom is -0.481 e. The number of nitrogens with zero attached hydrogens (tertiary/aromatic N) is 2. The van der Waals surface area contributed by atoms with Crippen LogP contribution in [-0.2, 0) is 16.8 Å².